The molecule has 1 unspecified atom stereocenters. The van der Waals surface area contributed by atoms with E-state index in [0.717, 1.165) is 24.0 Å². The summed E-state index contributed by atoms with van der Waals surface area (Å²) in [6.45, 7) is 8.75. The van der Waals surface area contributed by atoms with Crippen LogP contribution >= 0.6 is 15.9 Å². The van der Waals surface area contributed by atoms with Gasteiger partial charge in [0.1, 0.15) is 0 Å². The zero-order valence-electron chi connectivity index (χ0n) is 11.9. The molecule has 0 radical (unpaired) electrons. The van der Waals surface area contributed by atoms with Crippen LogP contribution in [0.5, 0.6) is 0 Å². The van der Waals surface area contributed by atoms with E-state index in [-0.39, 0.29) is 0 Å². The molecule has 0 aromatic heterocycles. The van der Waals surface area contributed by atoms with Gasteiger partial charge >= 0.3 is 0 Å². The molecule has 18 heavy (non-hydrogen) atoms. The van der Waals surface area contributed by atoms with Gasteiger partial charge in [-0.2, -0.15) is 0 Å². The van der Waals surface area contributed by atoms with Crippen molar-refractivity contribution in [3.05, 3.63) is 34.3 Å². The molecule has 0 amide bonds. The standard InChI is InChI=1S/C15H25BrN2/c1-5-17-15(9-10-18(4)12(2)3)13-7-6-8-14(16)11-13/h6-8,11-12,15,17H,5,9-10H2,1-4H3. The molecule has 0 aliphatic heterocycles. The van der Waals surface area contributed by atoms with Gasteiger partial charge in [-0.1, -0.05) is 35.0 Å². The Morgan fingerprint density at radius 2 is 2.06 bits per heavy atom. The van der Waals surface area contributed by atoms with Crippen LogP contribution in [-0.2, 0) is 0 Å². The molecule has 1 N–H and O–H groups in total. The SMILES string of the molecule is CCNC(CCN(C)C(C)C)c1cccc(Br)c1. The summed E-state index contributed by atoms with van der Waals surface area (Å²) in [4.78, 5) is 2.39. The van der Waals surface area contributed by atoms with Gasteiger partial charge in [-0.15, -0.1) is 0 Å². The highest BCUT2D eigenvalue weighted by atomic mass is 79.9. The van der Waals surface area contributed by atoms with Gasteiger partial charge in [0.25, 0.3) is 0 Å². The van der Waals surface area contributed by atoms with Crippen molar-refractivity contribution in [1.82, 2.24) is 10.2 Å². The number of hydrogen-bond donors (Lipinski definition) is 1. The van der Waals surface area contributed by atoms with Crippen LogP contribution in [0.25, 0.3) is 0 Å². The first-order valence-electron chi connectivity index (χ1n) is 6.73. The second kappa shape index (κ2) is 7.93. The summed E-state index contributed by atoms with van der Waals surface area (Å²) in [5, 5.41) is 3.57. The topological polar surface area (TPSA) is 15.3 Å². The zero-order chi connectivity index (χ0) is 13.5. The molecule has 0 bridgehead atoms. The van der Waals surface area contributed by atoms with Gasteiger partial charge in [-0.05, 0) is 58.1 Å². The lowest BCUT2D eigenvalue weighted by molar-refractivity contribution is 0.257. The maximum Gasteiger partial charge on any atom is 0.0332 e. The third kappa shape index (κ3) is 5.09. The molecule has 0 fully saturated rings. The average Bonchev–Trinajstić information content (AvgIpc) is 2.33. The van der Waals surface area contributed by atoms with Crippen molar-refractivity contribution in [2.24, 2.45) is 0 Å². The molecule has 1 rings (SSSR count). The van der Waals surface area contributed by atoms with Gasteiger partial charge in [0.05, 0.1) is 0 Å². The first kappa shape index (κ1) is 15.7. The van der Waals surface area contributed by atoms with E-state index in [1.54, 1.807) is 0 Å². The van der Waals surface area contributed by atoms with E-state index >= 15 is 0 Å². The maximum absolute atomic E-state index is 3.57. The van der Waals surface area contributed by atoms with Gasteiger partial charge in [0.15, 0.2) is 0 Å². The zero-order valence-corrected chi connectivity index (χ0v) is 13.5. The van der Waals surface area contributed by atoms with Crippen molar-refractivity contribution in [3.8, 4) is 0 Å². The fraction of sp³-hybridized carbons (Fsp3) is 0.600. The number of hydrogen-bond acceptors (Lipinski definition) is 2. The molecule has 2 nitrogen and oxygen atoms in total. The molecule has 1 atom stereocenters. The summed E-state index contributed by atoms with van der Waals surface area (Å²) in [6, 6.07) is 9.64. The van der Waals surface area contributed by atoms with Crippen LogP contribution in [0.4, 0.5) is 0 Å². The number of benzene rings is 1. The molecule has 1 aromatic carbocycles. The van der Waals surface area contributed by atoms with E-state index in [2.05, 4.69) is 78.2 Å². The predicted octanol–water partition coefficient (Wildman–Crippen LogP) is 3.83. The van der Waals surface area contributed by atoms with Gasteiger partial charge < -0.3 is 10.2 Å². The fourth-order valence-electron chi connectivity index (χ4n) is 1.95. The summed E-state index contributed by atoms with van der Waals surface area (Å²) in [5.41, 5.74) is 1.36. The van der Waals surface area contributed by atoms with Gasteiger partial charge in [0, 0.05) is 16.6 Å². The van der Waals surface area contributed by atoms with Gasteiger partial charge in [0.2, 0.25) is 0 Å². The predicted molar refractivity (Wildman–Crippen MR) is 82.9 cm³/mol. The Balaban J connectivity index is 2.65. The Morgan fingerprint density at radius 1 is 1.33 bits per heavy atom. The monoisotopic (exact) mass is 312 g/mol. The third-order valence-corrected chi connectivity index (χ3v) is 3.85. The highest BCUT2D eigenvalue weighted by Crippen LogP contribution is 2.21. The molecular weight excluding hydrogens is 288 g/mol. The van der Waals surface area contributed by atoms with Crippen LogP contribution in [0.15, 0.2) is 28.7 Å². The molecule has 0 aliphatic rings. The van der Waals surface area contributed by atoms with Crippen molar-refractivity contribution in [1.29, 1.82) is 0 Å². The minimum Gasteiger partial charge on any atom is -0.310 e. The molecule has 0 spiro atoms. The van der Waals surface area contributed by atoms with Crippen LogP contribution in [0.2, 0.25) is 0 Å². The Bertz CT molecular complexity index is 352. The summed E-state index contributed by atoms with van der Waals surface area (Å²) < 4.78 is 1.15. The first-order valence-corrected chi connectivity index (χ1v) is 7.53. The lowest BCUT2D eigenvalue weighted by Gasteiger charge is -2.25. The van der Waals surface area contributed by atoms with Crippen LogP contribution in [-0.4, -0.2) is 31.1 Å². The van der Waals surface area contributed by atoms with Crippen molar-refractivity contribution in [3.63, 3.8) is 0 Å². The second-order valence-corrected chi connectivity index (χ2v) is 5.94. The number of nitrogens with zero attached hydrogens (tertiary/aromatic N) is 1. The van der Waals surface area contributed by atoms with Crippen LogP contribution < -0.4 is 5.32 Å². The van der Waals surface area contributed by atoms with E-state index in [9.17, 15) is 0 Å². The minimum atomic E-state index is 0.439. The maximum atomic E-state index is 3.57. The lowest BCUT2D eigenvalue weighted by atomic mass is 10.0. The number of rotatable bonds is 7. The highest BCUT2D eigenvalue weighted by Gasteiger charge is 2.12. The van der Waals surface area contributed by atoms with Crippen LogP contribution in [0, 0.1) is 0 Å². The Hall–Kier alpha value is -0.380. The number of nitrogens with one attached hydrogen (secondary N) is 1. The molecule has 0 heterocycles. The third-order valence-electron chi connectivity index (χ3n) is 3.35. The van der Waals surface area contributed by atoms with Crippen LogP contribution in [0.1, 0.15) is 38.8 Å². The second-order valence-electron chi connectivity index (χ2n) is 5.03. The number of halogens is 1. The summed E-state index contributed by atoms with van der Waals surface area (Å²) in [7, 11) is 2.19. The Morgan fingerprint density at radius 3 is 2.61 bits per heavy atom. The normalized spacial score (nSPS) is 13.3. The van der Waals surface area contributed by atoms with Crippen molar-refractivity contribution in [2.45, 2.75) is 39.3 Å². The summed E-state index contributed by atoms with van der Waals surface area (Å²) in [5.74, 6) is 0. The van der Waals surface area contributed by atoms with E-state index in [4.69, 9.17) is 0 Å². The Labute approximate surface area is 120 Å². The quantitative estimate of drug-likeness (QED) is 0.823. The van der Waals surface area contributed by atoms with E-state index in [1.807, 2.05) is 0 Å². The van der Waals surface area contributed by atoms with E-state index < -0.39 is 0 Å². The molecule has 0 saturated carbocycles. The minimum absolute atomic E-state index is 0.439. The lowest BCUT2D eigenvalue weighted by Crippen LogP contribution is -2.31. The highest BCUT2D eigenvalue weighted by molar-refractivity contribution is 9.10. The first-order chi connectivity index (χ1) is 8.54. The van der Waals surface area contributed by atoms with E-state index in [1.165, 1.54) is 5.56 Å². The molecule has 1 aromatic rings. The van der Waals surface area contributed by atoms with Crippen molar-refractivity contribution < 1.29 is 0 Å². The molecule has 0 aliphatic carbocycles. The fourth-order valence-corrected chi connectivity index (χ4v) is 2.36. The average molecular weight is 313 g/mol. The van der Waals surface area contributed by atoms with Gasteiger partial charge in [-0.3, -0.25) is 0 Å². The van der Waals surface area contributed by atoms with Crippen molar-refractivity contribution in [2.75, 3.05) is 20.1 Å². The molecule has 3 heteroatoms. The summed E-state index contributed by atoms with van der Waals surface area (Å²) >= 11 is 3.55. The van der Waals surface area contributed by atoms with E-state index in [0.29, 0.717) is 12.1 Å². The van der Waals surface area contributed by atoms with Crippen molar-refractivity contribution >= 4 is 15.9 Å². The van der Waals surface area contributed by atoms with Crippen LogP contribution in [0.3, 0.4) is 0 Å². The smallest absolute Gasteiger partial charge is 0.0332 e. The molecular formula is C15H25BrN2. The molecule has 0 saturated heterocycles. The van der Waals surface area contributed by atoms with Gasteiger partial charge in [-0.25, -0.2) is 0 Å². The molecule has 102 valence electrons. The largest absolute Gasteiger partial charge is 0.310 e. The Kier molecular flexibility index (Phi) is 6.90. The summed E-state index contributed by atoms with van der Waals surface area (Å²) in [6.07, 6.45) is 1.14.